The first-order valence-corrected chi connectivity index (χ1v) is 4.68. The lowest BCUT2D eigenvalue weighted by Crippen LogP contribution is -2.03. The van der Waals surface area contributed by atoms with Crippen LogP contribution in [-0.4, -0.2) is 24.0 Å². The van der Waals surface area contributed by atoms with Crippen LogP contribution in [0.2, 0.25) is 0 Å². The molecular formula is C12H15NO. The monoisotopic (exact) mass is 189 g/mol. The number of hydrogen-bond acceptors (Lipinski definition) is 2. The van der Waals surface area contributed by atoms with Crippen molar-refractivity contribution in [1.29, 1.82) is 0 Å². The third-order valence-corrected chi connectivity index (χ3v) is 1.65. The van der Waals surface area contributed by atoms with Crippen molar-refractivity contribution in [2.45, 2.75) is 13.0 Å². The van der Waals surface area contributed by atoms with Crippen LogP contribution in [-0.2, 0) is 0 Å². The van der Waals surface area contributed by atoms with E-state index in [0.29, 0.717) is 6.54 Å². The van der Waals surface area contributed by atoms with Crippen LogP contribution in [0.1, 0.15) is 12.5 Å². The Morgan fingerprint density at radius 2 is 2.07 bits per heavy atom. The molecule has 0 aliphatic carbocycles. The predicted octanol–water partition coefficient (Wildman–Crippen LogP) is 2.15. The van der Waals surface area contributed by atoms with Gasteiger partial charge >= 0.3 is 0 Å². The second kappa shape index (κ2) is 6.11. The molecule has 0 spiro atoms. The van der Waals surface area contributed by atoms with Gasteiger partial charge in [-0.2, -0.15) is 0 Å². The van der Waals surface area contributed by atoms with Crippen LogP contribution in [0, 0.1) is 0 Å². The average Bonchev–Trinajstić information content (AvgIpc) is 2.18. The smallest absolute Gasteiger partial charge is 0.0707 e. The second-order valence-electron chi connectivity index (χ2n) is 3.13. The summed E-state index contributed by atoms with van der Waals surface area (Å²) in [6, 6.07) is 10.0. The number of benzene rings is 1. The summed E-state index contributed by atoms with van der Waals surface area (Å²) in [5.41, 5.74) is 1.15. The van der Waals surface area contributed by atoms with Gasteiger partial charge in [0, 0.05) is 6.21 Å². The molecule has 2 heteroatoms. The molecule has 0 aliphatic heterocycles. The van der Waals surface area contributed by atoms with Gasteiger partial charge in [0.25, 0.3) is 0 Å². The zero-order valence-corrected chi connectivity index (χ0v) is 8.30. The third-order valence-electron chi connectivity index (χ3n) is 1.65. The van der Waals surface area contributed by atoms with Gasteiger partial charge in [0.05, 0.1) is 12.6 Å². The van der Waals surface area contributed by atoms with Gasteiger partial charge in [-0.1, -0.05) is 36.4 Å². The van der Waals surface area contributed by atoms with E-state index < -0.39 is 0 Å². The van der Waals surface area contributed by atoms with Crippen molar-refractivity contribution in [3.8, 4) is 0 Å². The maximum Gasteiger partial charge on any atom is 0.0707 e. The summed E-state index contributed by atoms with van der Waals surface area (Å²) in [4.78, 5) is 4.02. The van der Waals surface area contributed by atoms with Crippen LogP contribution in [0.25, 0.3) is 6.08 Å². The highest BCUT2D eigenvalue weighted by Crippen LogP contribution is 1.99. The molecule has 1 unspecified atom stereocenters. The van der Waals surface area contributed by atoms with Crippen molar-refractivity contribution >= 4 is 12.3 Å². The van der Waals surface area contributed by atoms with Gasteiger partial charge in [0.1, 0.15) is 0 Å². The Labute approximate surface area is 84.6 Å². The summed E-state index contributed by atoms with van der Waals surface area (Å²) in [6.45, 7) is 2.18. The third kappa shape index (κ3) is 4.58. The molecule has 2 nitrogen and oxygen atoms in total. The predicted molar refractivity (Wildman–Crippen MR) is 60.5 cm³/mol. The highest BCUT2D eigenvalue weighted by molar-refractivity contribution is 5.78. The topological polar surface area (TPSA) is 32.6 Å². The lowest BCUT2D eigenvalue weighted by Gasteiger charge is -1.94. The number of nitrogens with zero attached hydrogens (tertiary/aromatic N) is 1. The Bertz CT molecular complexity index is 301. The van der Waals surface area contributed by atoms with Crippen molar-refractivity contribution in [2.75, 3.05) is 6.54 Å². The molecule has 1 rings (SSSR count). The molecule has 0 heterocycles. The molecule has 0 amide bonds. The minimum absolute atomic E-state index is 0.364. The van der Waals surface area contributed by atoms with Gasteiger partial charge in [-0.25, -0.2) is 0 Å². The highest BCUT2D eigenvalue weighted by atomic mass is 16.3. The van der Waals surface area contributed by atoms with Crippen LogP contribution in [0.3, 0.4) is 0 Å². The van der Waals surface area contributed by atoms with Crippen LogP contribution < -0.4 is 0 Å². The van der Waals surface area contributed by atoms with Gasteiger partial charge in [-0.05, 0) is 18.6 Å². The van der Waals surface area contributed by atoms with Crippen LogP contribution in [0.5, 0.6) is 0 Å². The Balaban J connectivity index is 2.38. The molecule has 1 aromatic rings. The second-order valence-corrected chi connectivity index (χ2v) is 3.13. The van der Waals surface area contributed by atoms with E-state index in [0.717, 1.165) is 5.56 Å². The molecule has 0 saturated carbocycles. The van der Waals surface area contributed by atoms with E-state index in [1.165, 1.54) is 0 Å². The van der Waals surface area contributed by atoms with Gasteiger partial charge in [-0.3, -0.25) is 4.99 Å². The van der Waals surface area contributed by atoms with E-state index in [1.807, 2.05) is 42.5 Å². The maximum absolute atomic E-state index is 8.93. The molecule has 1 N–H and O–H groups in total. The molecule has 1 atom stereocenters. The normalized spacial score (nSPS) is 13.9. The molecule has 0 saturated heterocycles. The quantitative estimate of drug-likeness (QED) is 0.723. The van der Waals surface area contributed by atoms with E-state index in [1.54, 1.807) is 13.1 Å². The van der Waals surface area contributed by atoms with Crippen LogP contribution >= 0.6 is 0 Å². The first kappa shape index (κ1) is 10.7. The summed E-state index contributed by atoms with van der Waals surface area (Å²) in [7, 11) is 0. The number of aliphatic hydroxyl groups excluding tert-OH is 1. The Morgan fingerprint density at radius 3 is 2.71 bits per heavy atom. The molecule has 0 fully saturated rings. The molecule has 14 heavy (non-hydrogen) atoms. The molecular weight excluding hydrogens is 174 g/mol. The number of hydrogen-bond donors (Lipinski definition) is 1. The lowest BCUT2D eigenvalue weighted by molar-refractivity contribution is 0.204. The van der Waals surface area contributed by atoms with Crippen molar-refractivity contribution in [3.05, 3.63) is 42.0 Å². The Hall–Kier alpha value is -1.41. The molecule has 0 aromatic heterocycles. The summed E-state index contributed by atoms with van der Waals surface area (Å²) >= 11 is 0. The fourth-order valence-corrected chi connectivity index (χ4v) is 0.993. The fraction of sp³-hybridized carbons (Fsp3) is 0.250. The SMILES string of the molecule is CC(O)CN=C/C=C/c1ccccc1. The van der Waals surface area contributed by atoms with E-state index in [2.05, 4.69) is 4.99 Å². The zero-order chi connectivity index (χ0) is 10.2. The maximum atomic E-state index is 8.93. The van der Waals surface area contributed by atoms with Gasteiger partial charge in [0.15, 0.2) is 0 Å². The Kier molecular flexibility index (Phi) is 4.65. The molecule has 0 bridgehead atoms. The highest BCUT2D eigenvalue weighted by Gasteiger charge is 1.87. The minimum Gasteiger partial charge on any atom is -0.391 e. The van der Waals surface area contributed by atoms with E-state index >= 15 is 0 Å². The molecule has 0 aliphatic rings. The molecule has 74 valence electrons. The first-order chi connectivity index (χ1) is 6.79. The lowest BCUT2D eigenvalue weighted by atomic mass is 10.2. The number of aliphatic hydroxyl groups is 1. The van der Waals surface area contributed by atoms with E-state index in [4.69, 9.17) is 5.11 Å². The summed E-state index contributed by atoms with van der Waals surface area (Å²) in [5.74, 6) is 0. The number of allylic oxidation sites excluding steroid dienone is 1. The van der Waals surface area contributed by atoms with Gasteiger partial charge in [-0.15, -0.1) is 0 Å². The Morgan fingerprint density at radius 1 is 1.36 bits per heavy atom. The van der Waals surface area contributed by atoms with Crippen LogP contribution in [0.4, 0.5) is 0 Å². The first-order valence-electron chi connectivity index (χ1n) is 4.68. The largest absolute Gasteiger partial charge is 0.391 e. The summed E-state index contributed by atoms with van der Waals surface area (Å²) < 4.78 is 0. The zero-order valence-electron chi connectivity index (χ0n) is 8.30. The van der Waals surface area contributed by atoms with Crippen molar-refractivity contribution in [2.24, 2.45) is 4.99 Å². The van der Waals surface area contributed by atoms with Crippen molar-refractivity contribution < 1.29 is 5.11 Å². The number of rotatable bonds is 4. The fourth-order valence-electron chi connectivity index (χ4n) is 0.993. The van der Waals surface area contributed by atoms with E-state index in [-0.39, 0.29) is 6.10 Å². The van der Waals surface area contributed by atoms with Crippen molar-refractivity contribution in [1.82, 2.24) is 0 Å². The van der Waals surface area contributed by atoms with Gasteiger partial charge < -0.3 is 5.11 Å². The minimum atomic E-state index is -0.364. The average molecular weight is 189 g/mol. The molecule has 1 aromatic carbocycles. The number of aliphatic imine (C=N–C) groups is 1. The van der Waals surface area contributed by atoms with Crippen molar-refractivity contribution in [3.63, 3.8) is 0 Å². The van der Waals surface area contributed by atoms with E-state index in [9.17, 15) is 0 Å². The molecule has 0 radical (unpaired) electrons. The summed E-state index contributed by atoms with van der Waals surface area (Å²) in [5, 5.41) is 8.93. The van der Waals surface area contributed by atoms with Gasteiger partial charge in [0.2, 0.25) is 0 Å². The van der Waals surface area contributed by atoms with Crippen LogP contribution in [0.15, 0.2) is 41.4 Å². The standard InChI is InChI=1S/C12H15NO/c1-11(14)10-13-9-5-8-12-6-3-2-4-7-12/h2-9,11,14H,10H2,1H3/b8-5+,13-9?. The summed E-state index contributed by atoms with van der Waals surface area (Å²) in [6.07, 6.45) is 5.19.